The highest BCUT2D eigenvalue weighted by Gasteiger charge is 2.59. The van der Waals surface area contributed by atoms with Gasteiger partial charge in [-0.2, -0.15) is 18.2 Å². The van der Waals surface area contributed by atoms with Gasteiger partial charge in [0.1, 0.15) is 17.1 Å². The third kappa shape index (κ3) is 6.34. The van der Waals surface area contributed by atoms with Gasteiger partial charge in [-0.15, -0.1) is 0 Å². The van der Waals surface area contributed by atoms with E-state index in [1.165, 1.54) is 33.1 Å². The lowest BCUT2D eigenvalue weighted by atomic mass is 9.47. The molecule has 2 amide bonds. The van der Waals surface area contributed by atoms with E-state index in [1.54, 1.807) is 37.3 Å². The summed E-state index contributed by atoms with van der Waals surface area (Å²) >= 11 is 0. The highest BCUT2D eigenvalue weighted by atomic mass is 19.4. The van der Waals surface area contributed by atoms with Crippen LogP contribution in [0.15, 0.2) is 42.6 Å². The van der Waals surface area contributed by atoms with Crippen LogP contribution in [0.3, 0.4) is 0 Å². The summed E-state index contributed by atoms with van der Waals surface area (Å²) in [5.74, 6) is 0.828. The lowest BCUT2D eigenvalue weighted by Gasteiger charge is -2.61. The molecule has 6 N–H and O–H groups in total. The Kier molecular flexibility index (Phi) is 8.87. The molecule has 2 heterocycles. The molecule has 50 heavy (non-hydrogen) atoms. The minimum atomic E-state index is -4.77. The van der Waals surface area contributed by atoms with Gasteiger partial charge in [-0.3, -0.25) is 14.5 Å². The number of nitrogens with one attached hydrogen (secondary N) is 4. The number of ether oxygens (including phenoxy) is 1. The summed E-state index contributed by atoms with van der Waals surface area (Å²) in [6.45, 7) is 3.67. The van der Waals surface area contributed by atoms with Gasteiger partial charge < -0.3 is 31.7 Å². The number of anilines is 5. The number of halogens is 3. The van der Waals surface area contributed by atoms with Crippen LogP contribution >= 0.6 is 0 Å². The van der Waals surface area contributed by atoms with E-state index in [9.17, 15) is 22.8 Å². The number of nitrogens with two attached hydrogens (primary N) is 1. The van der Waals surface area contributed by atoms with Gasteiger partial charge >= 0.3 is 6.18 Å². The number of para-hydroxylation sites is 1. The molecule has 4 aliphatic carbocycles. The van der Waals surface area contributed by atoms with Crippen molar-refractivity contribution >= 4 is 40.6 Å². The standard InChI is InChI=1S/C36H43F3N8O3/c1-19-5-4-6-25(32(48)41-2)29(19)45-31-26(36(37,38)39)17-42-34(46-31)44-27-8-7-24(13-28(27)50-3)43-33(49)35-14-20-11-21(15-35)30(22(12-20)16-35)47-10-9-23(40)18-47/h4-8,13,17,20-23,30H,9-12,14-16,18,40H2,1-3H3,(H,41,48)(H,43,49)(H2,42,44,45,46). The maximum absolute atomic E-state index is 14.1. The monoisotopic (exact) mass is 692 g/mol. The number of hydrogen-bond donors (Lipinski definition) is 5. The molecule has 3 atom stereocenters. The summed E-state index contributed by atoms with van der Waals surface area (Å²) in [6.07, 6.45) is 1.98. The quantitative estimate of drug-likeness (QED) is 0.187. The summed E-state index contributed by atoms with van der Waals surface area (Å²) in [5, 5.41) is 11.4. The van der Waals surface area contributed by atoms with Crippen LogP contribution in [0.25, 0.3) is 0 Å². The Morgan fingerprint density at radius 2 is 1.84 bits per heavy atom. The number of likely N-dealkylation sites (tertiary alicyclic amines) is 1. The molecule has 1 saturated heterocycles. The molecule has 5 fully saturated rings. The molecule has 11 nitrogen and oxygen atoms in total. The summed E-state index contributed by atoms with van der Waals surface area (Å²) in [4.78, 5) is 37.2. The largest absolute Gasteiger partial charge is 0.494 e. The van der Waals surface area contributed by atoms with Crippen LogP contribution in [0.5, 0.6) is 5.75 Å². The van der Waals surface area contributed by atoms with Crippen LogP contribution in [0.4, 0.5) is 42.0 Å². The molecular formula is C36H43F3N8O3. The first kappa shape index (κ1) is 34.0. The van der Waals surface area contributed by atoms with Gasteiger partial charge in [0.05, 0.1) is 29.5 Å². The van der Waals surface area contributed by atoms with Crippen molar-refractivity contribution in [3.8, 4) is 5.75 Å². The maximum Gasteiger partial charge on any atom is 0.421 e. The highest BCUT2D eigenvalue weighted by Crippen LogP contribution is 2.61. The fourth-order valence-corrected chi connectivity index (χ4v) is 9.24. The average Bonchev–Trinajstić information content (AvgIpc) is 3.50. The van der Waals surface area contributed by atoms with E-state index < -0.39 is 28.9 Å². The fourth-order valence-electron chi connectivity index (χ4n) is 9.24. The van der Waals surface area contributed by atoms with Crippen LogP contribution in [-0.2, 0) is 11.0 Å². The fraction of sp³-hybridized carbons (Fsp3) is 0.500. The Morgan fingerprint density at radius 1 is 1.08 bits per heavy atom. The number of alkyl halides is 3. The predicted octanol–water partition coefficient (Wildman–Crippen LogP) is 5.83. The average molecular weight is 693 g/mol. The van der Waals surface area contributed by atoms with E-state index in [1.807, 2.05) is 0 Å². The summed E-state index contributed by atoms with van der Waals surface area (Å²) in [7, 11) is 2.91. The van der Waals surface area contributed by atoms with Crippen molar-refractivity contribution in [2.45, 2.75) is 63.7 Å². The Labute approximate surface area is 288 Å². The minimum Gasteiger partial charge on any atom is -0.494 e. The Hall–Kier alpha value is -4.43. The maximum atomic E-state index is 14.1. The molecule has 2 aromatic carbocycles. The van der Waals surface area contributed by atoms with E-state index in [-0.39, 0.29) is 29.1 Å². The number of benzene rings is 2. The smallest absolute Gasteiger partial charge is 0.421 e. The van der Waals surface area contributed by atoms with Crippen LogP contribution in [0.1, 0.15) is 60.0 Å². The van der Waals surface area contributed by atoms with Gasteiger partial charge in [0.2, 0.25) is 11.9 Å². The zero-order valence-electron chi connectivity index (χ0n) is 28.4. The molecule has 266 valence electrons. The van der Waals surface area contributed by atoms with Gasteiger partial charge in [0.15, 0.2) is 0 Å². The molecule has 3 unspecified atom stereocenters. The molecule has 1 aromatic heterocycles. The zero-order valence-corrected chi connectivity index (χ0v) is 28.4. The second kappa shape index (κ2) is 13.0. The normalized spacial score (nSPS) is 27.2. The van der Waals surface area contributed by atoms with Crippen molar-refractivity contribution in [1.82, 2.24) is 20.2 Å². The number of hydrogen-bond acceptors (Lipinski definition) is 9. The molecule has 8 rings (SSSR count). The lowest BCUT2D eigenvalue weighted by Crippen LogP contribution is -2.61. The molecule has 14 heteroatoms. The molecule has 4 bridgehead atoms. The second-order valence-corrected chi connectivity index (χ2v) is 14.4. The molecule has 3 aromatic rings. The number of methoxy groups -OCH3 is 1. The minimum absolute atomic E-state index is 0.0327. The molecule has 5 aliphatic rings. The lowest BCUT2D eigenvalue weighted by molar-refractivity contribution is -0.150. The van der Waals surface area contributed by atoms with Gasteiger partial charge in [-0.25, -0.2) is 4.98 Å². The van der Waals surface area contributed by atoms with Crippen molar-refractivity contribution in [1.29, 1.82) is 0 Å². The summed E-state index contributed by atoms with van der Waals surface area (Å²) in [5.41, 5.74) is 6.61. The van der Waals surface area contributed by atoms with Gasteiger partial charge in [0, 0.05) is 50.2 Å². The van der Waals surface area contributed by atoms with E-state index in [0.717, 1.165) is 38.8 Å². The van der Waals surface area contributed by atoms with E-state index in [0.29, 0.717) is 52.7 Å². The van der Waals surface area contributed by atoms with Crippen molar-refractivity contribution in [3.63, 3.8) is 0 Å². The number of rotatable bonds is 9. The van der Waals surface area contributed by atoms with Gasteiger partial charge in [-0.1, -0.05) is 12.1 Å². The van der Waals surface area contributed by atoms with Gasteiger partial charge in [-0.05, 0) is 87.0 Å². The Bertz CT molecular complexity index is 1790. The number of nitrogens with zero attached hydrogens (tertiary/aromatic N) is 3. The molecule has 0 radical (unpaired) electrons. The number of amides is 2. The number of aromatic nitrogens is 2. The first-order chi connectivity index (χ1) is 23.9. The molecule has 4 saturated carbocycles. The second-order valence-electron chi connectivity index (χ2n) is 14.4. The third-order valence-corrected chi connectivity index (χ3v) is 11.2. The number of carbonyl (C=O) groups is 2. The summed E-state index contributed by atoms with van der Waals surface area (Å²) < 4.78 is 47.8. The molecule has 1 aliphatic heterocycles. The Balaban J connectivity index is 1.09. The SMILES string of the molecule is CNC(=O)c1cccc(C)c1Nc1nc(Nc2ccc(NC(=O)C34CC5CC(C3)C(N3CCC(N)C3)C(C5)C4)cc2OC)ncc1C(F)(F)F. The Morgan fingerprint density at radius 3 is 2.50 bits per heavy atom. The topological polar surface area (TPSA) is 147 Å². The van der Waals surface area contributed by atoms with Crippen LogP contribution in [0, 0.1) is 30.1 Å². The van der Waals surface area contributed by atoms with Crippen molar-refractivity contribution < 1.29 is 27.5 Å². The van der Waals surface area contributed by atoms with E-state index in [4.69, 9.17) is 10.5 Å². The predicted molar refractivity (Wildman–Crippen MR) is 184 cm³/mol. The van der Waals surface area contributed by atoms with Crippen LogP contribution in [0.2, 0.25) is 0 Å². The molecule has 0 spiro atoms. The first-order valence-corrected chi connectivity index (χ1v) is 17.2. The van der Waals surface area contributed by atoms with E-state index in [2.05, 4.69) is 36.1 Å². The van der Waals surface area contributed by atoms with Gasteiger partial charge in [0.25, 0.3) is 5.91 Å². The third-order valence-electron chi connectivity index (χ3n) is 11.2. The zero-order chi connectivity index (χ0) is 35.4. The van der Waals surface area contributed by atoms with E-state index >= 15 is 0 Å². The van der Waals surface area contributed by atoms with Crippen LogP contribution in [-0.4, -0.2) is 66.0 Å². The van der Waals surface area contributed by atoms with Crippen molar-refractivity contribution in [3.05, 3.63) is 59.3 Å². The number of aryl methyl sites for hydroxylation is 1. The first-order valence-electron chi connectivity index (χ1n) is 17.2. The van der Waals surface area contributed by atoms with Crippen molar-refractivity contribution in [2.24, 2.45) is 28.9 Å². The van der Waals surface area contributed by atoms with Crippen molar-refractivity contribution in [2.75, 3.05) is 43.2 Å². The number of carbonyl (C=O) groups excluding carboxylic acids is 2. The molecular weight excluding hydrogens is 649 g/mol. The highest BCUT2D eigenvalue weighted by molar-refractivity contribution is 6.01. The summed E-state index contributed by atoms with van der Waals surface area (Å²) in [6, 6.07) is 10.7. The van der Waals surface area contributed by atoms with Crippen LogP contribution < -0.4 is 31.7 Å².